The lowest BCUT2D eigenvalue weighted by molar-refractivity contribution is -0.136. The van der Waals surface area contributed by atoms with E-state index in [4.69, 9.17) is 5.11 Å². The number of carboxylic acid groups (broad SMARTS) is 1. The largest absolute Gasteiger partial charge is 0.480 e. The van der Waals surface area contributed by atoms with Gasteiger partial charge in [0.25, 0.3) is 0 Å². The van der Waals surface area contributed by atoms with Crippen LogP contribution in [-0.4, -0.2) is 55.8 Å². The number of nitrogens with one attached hydrogen (secondary N) is 1. The number of carboxylic acids is 1. The van der Waals surface area contributed by atoms with E-state index in [9.17, 15) is 13.2 Å². The maximum absolute atomic E-state index is 11.8. The lowest BCUT2D eigenvalue weighted by Gasteiger charge is -2.36. The first-order chi connectivity index (χ1) is 8.21. The van der Waals surface area contributed by atoms with Gasteiger partial charge in [-0.05, 0) is 33.9 Å². The Labute approximate surface area is 108 Å². The second-order valence-electron chi connectivity index (χ2n) is 5.17. The molecule has 0 aromatic heterocycles. The third kappa shape index (κ3) is 3.21. The highest BCUT2D eigenvalue weighted by Gasteiger charge is 2.38. The third-order valence-electron chi connectivity index (χ3n) is 3.90. The molecule has 7 heteroatoms. The number of hydrogen-bond donors (Lipinski definition) is 2. The average molecular weight is 278 g/mol. The van der Waals surface area contributed by atoms with E-state index >= 15 is 0 Å². The molecule has 1 unspecified atom stereocenters. The quantitative estimate of drug-likeness (QED) is 0.727. The van der Waals surface area contributed by atoms with Crippen molar-refractivity contribution >= 4 is 16.0 Å². The Morgan fingerprint density at radius 1 is 1.39 bits per heavy atom. The SMILES string of the molecule is CC(C(=O)O)S(=O)(=O)NCC1(N(C)C)CCCC1. The number of nitrogens with zero attached hydrogens (tertiary/aromatic N) is 1. The predicted molar refractivity (Wildman–Crippen MR) is 68.9 cm³/mol. The minimum absolute atomic E-state index is 0.175. The predicted octanol–water partition coefficient (Wildman–Crippen LogP) is 0.253. The van der Waals surface area contributed by atoms with E-state index in [-0.39, 0.29) is 12.1 Å². The van der Waals surface area contributed by atoms with Gasteiger partial charge in [0.05, 0.1) is 0 Å². The molecule has 1 atom stereocenters. The summed E-state index contributed by atoms with van der Waals surface area (Å²) in [6.07, 6.45) is 4.02. The number of aliphatic carboxylic acids is 1. The van der Waals surface area contributed by atoms with Crippen LogP contribution in [0.15, 0.2) is 0 Å². The van der Waals surface area contributed by atoms with Crippen molar-refractivity contribution in [2.45, 2.75) is 43.4 Å². The van der Waals surface area contributed by atoms with E-state index in [1.807, 2.05) is 19.0 Å². The zero-order chi connectivity index (χ0) is 14.0. The standard InChI is InChI=1S/C11H22N2O4S/c1-9(10(14)15)18(16,17)12-8-11(13(2)3)6-4-5-7-11/h9,12H,4-8H2,1-3H3,(H,14,15). The van der Waals surface area contributed by atoms with Crippen LogP contribution >= 0.6 is 0 Å². The normalized spacial score (nSPS) is 21.1. The molecule has 0 spiro atoms. The van der Waals surface area contributed by atoms with Gasteiger partial charge < -0.3 is 10.0 Å². The molecule has 18 heavy (non-hydrogen) atoms. The highest BCUT2D eigenvalue weighted by atomic mass is 32.2. The molecule has 1 saturated carbocycles. The summed E-state index contributed by atoms with van der Waals surface area (Å²) < 4.78 is 26.0. The number of rotatable bonds is 6. The Morgan fingerprint density at radius 3 is 2.28 bits per heavy atom. The minimum atomic E-state index is -3.79. The maximum Gasteiger partial charge on any atom is 0.323 e. The smallest absolute Gasteiger partial charge is 0.323 e. The van der Waals surface area contributed by atoms with Crippen molar-refractivity contribution < 1.29 is 18.3 Å². The van der Waals surface area contributed by atoms with Crippen molar-refractivity contribution in [3.05, 3.63) is 0 Å². The van der Waals surface area contributed by atoms with Crippen LogP contribution in [0.3, 0.4) is 0 Å². The lowest BCUT2D eigenvalue weighted by atomic mass is 9.97. The van der Waals surface area contributed by atoms with Crippen LogP contribution in [0.1, 0.15) is 32.6 Å². The molecule has 0 bridgehead atoms. The fourth-order valence-corrected chi connectivity index (χ4v) is 3.29. The van der Waals surface area contributed by atoms with Gasteiger partial charge in [0.2, 0.25) is 10.0 Å². The van der Waals surface area contributed by atoms with E-state index in [0.29, 0.717) is 0 Å². The minimum Gasteiger partial charge on any atom is -0.480 e. The van der Waals surface area contributed by atoms with Gasteiger partial charge in [-0.25, -0.2) is 13.1 Å². The van der Waals surface area contributed by atoms with E-state index < -0.39 is 21.2 Å². The third-order valence-corrected chi connectivity index (χ3v) is 5.58. The molecule has 6 nitrogen and oxygen atoms in total. The Kier molecular flexibility index (Phi) is 4.74. The van der Waals surface area contributed by atoms with Crippen LogP contribution in [0.2, 0.25) is 0 Å². The van der Waals surface area contributed by atoms with Crippen molar-refractivity contribution in [1.82, 2.24) is 9.62 Å². The summed E-state index contributed by atoms with van der Waals surface area (Å²) in [4.78, 5) is 12.8. The molecule has 1 aliphatic rings. The van der Waals surface area contributed by atoms with Gasteiger partial charge in [0.15, 0.2) is 5.25 Å². The Hall–Kier alpha value is -0.660. The van der Waals surface area contributed by atoms with Crippen LogP contribution < -0.4 is 4.72 Å². The fraction of sp³-hybridized carbons (Fsp3) is 0.909. The van der Waals surface area contributed by atoms with Crippen molar-refractivity contribution in [1.29, 1.82) is 0 Å². The first-order valence-electron chi connectivity index (χ1n) is 6.10. The average Bonchev–Trinajstić information content (AvgIpc) is 2.75. The summed E-state index contributed by atoms with van der Waals surface area (Å²) in [6, 6.07) is 0. The van der Waals surface area contributed by atoms with Gasteiger partial charge in [-0.15, -0.1) is 0 Å². The molecule has 1 rings (SSSR count). The van der Waals surface area contributed by atoms with E-state index in [0.717, 1.165) is 25.7 Å². The molecule has 0 saturated heterocycles. The van der Waals surface area contributed by atoms with Crippen LogP contribution in [0.25, 0.3) is 0 Å². The molecule has 2 N–H and O–H groups in total. The zero-order valence-corrected chi connectivity index (χ0v) is 12.0. The van der Waals surface area contributed by atoms with Crippen LogP contribution in [0.5, 0.6) is 0 Å². The second-order valence-corrected chi connectivity index (χ2v) is 7.26. The first kappa shape index (κ1) is 15.4. The summed E-state index contributed by atoms with van der Waals surface area (Å²) in [5.41, 5.74) is -0.175. The summed E-state index contributed by atoms with van der Waals surface area (Å²) >= 11 is 0. The summed E-state index contributed by atoms with van der Waals surface area (Å²) in [5.74, 6) is -1.33. The van der Waals surface area contributed by atoms with Gasteiger partial charge >= 0.3 is 5.97 Å². The number of likely N-dealkylation sites (N-methyl/N-ethyl adjacent to an activating group) is 1. The van der Waals surface area contributed by atoms with Crippen LogP contribution in [-0.2, 0) is 14.8 Å². The van der Waals surface area contributed by atoms with Crippen molar-refractivity contribution in [2.75, 3.05) is 20.6 Å². The van der Waals surface area contributed by atoms with Crippen LogP contribution in [0, 0.1) is 0 Å². The molecular formula is C11H22N2O4S. The molecule has 0 heterocycles. The number of hydrogen-bond acceptors (Lipinski definition) is 4. The van der Waals surface area contributed by atoms with Gasteiger partial charge in [-0.3, -0.25) is 4.79 Å². The molecular weight excluding hydrogens is 256 g/mol. The lowest BCUT2D eigenvalue weighted by Crippen LogP contribution is -2.52. The van der Waals surface area contributed by atoms with Gasteiger partial charge in [0.1, 0.15) is 0 Å². The fourth-order valence-electron chi connectivity index (χ4n) is 2.31. The molecule has 0 aliphatic heterocycles. The molecule has 1 aliphatic carbocycles. The molecule has 0 aromatic rings. The van der Waals surface area contributed by atoms with E-state index in [1.165, 1.54) is 6.92 Å². The summed E-state index contributed by atoms with van der Waals surface area (Å²) in [5, 5.41) is 7.33. The molecule has 106 valence electrons. The van der Waals surface area contributed by atoms with Gasteiger partial charge in [-0.2, -0.15) is 0 Å². The molecule has 0 aromatic carbocycles. The first-order valence-corrected chi connectivity index (χ1v) is 7.65. The highest BCUT2D eigenvalue weighted by Crippen LogP contribution is 2.33. The Balaban J connectivity index is 2.72. The Morgan fingerprint density at radius 2 is 1.89 bits per heavy atom. The number of sulfonamides is 1. The second kappa shape index (κ2) is 5.54. The molecule has 0 radical (unpaired) electrons. The maximum atomic E-state index is 11.8. The van der Waals surface area contributed by atoms with Crippen molar-refractivity contribution in [2.24, 2.45) is 0 Å². The number of carbonyl (C=O) groups is 1. The Bertz CT molecular complexity index is 399. The summed E-state index contributed by atoms with van der Waals surface area (Å²) in [7, 11) is 0.0667. The molecule has 0 amide bonds. The van der Waals surface area contributed by atoms with Gasteiger partial charge in [0, 0.05) is 12.1 Å². The molecule has 1 fully saturated rings. The van der Waals surface area contributed by atoms with E-state index in [1.54, 1.807) is 0 Å². The topological polar surface area (TPSA) is 86.7 Å². The monoisotopic (exact) mass is 278 g/mol. The van der Waals surface area contributed by atoms with E-state index in [2.05, 4.69) is 4.72 Å². The zero-order valence-electron chi connectivity index (χ0n) is 11.1. The highest BCUT2D eigenvalue weighted by molar-refractivity contribution is 7.90. The van der Waals surface area contributed by atoms with Crippen molar-refractivity contribution in [3.8, 4) is 0 Å². The van der Waals surface area contributed by atoms with Crippen molar-refractivity contribution in [3.63, 3.8) is 0 Å². The van der Waals surface area contributed by atoms with Crippen LogP contribution in [0.4, 0.5) is 0 Å². The summed E-state index contributed by atoms with van der Waals surface area (Å²) in [6.45, 7) is 1.46. The van der Waals surface area contributed by atoms with Gasteiger partial charge in [-0.1, -0.05) is 12.8 Å².